The minimum atomic E-state index is -0.115. The Kier molecular flexibility index (Phi) is 5.88. The van der Waals surface area contributed by atoms with Crippen LogP contribution in [-0.2, 0) is 6.54 Å². The van der Waals surface area contributed by atoms with Crippen LogP contribution in [0.1, 0.15) is 36.4 Å². The summed E-state index contributed by atoms with van der Waals surface area (Å²) >= 11 is 0. The molecule has 0 aliphatic rings. The lowest BCUT2D eigenvalue weighted by molar-refractivity contribution is 0.0947. The Balaban J connectivity index is 2.33. The molecule has 0 bridgehead atoms. The van der Waals surface area contributed by atoms with Crippen molar-refractivity contribution in [3.05, 3.63) is 23.7 Å². The van der Waals surface area contributed by atoms with Crippen molar-refractivity contribution >= 4 is 5.91 Å². The van der Waals surface area contributed by atoms with Gasteiger partial charge in [0.1, 0.15) is 12.0 Å². The van der Waals surface area contributed by atoms with E-state index in [2.05, 4.69) is 31.1 Å². The maximum Gasteiger partial charge on any atom is 0.254 e. The Morgan fingerprint density at radius 3 is 2.89 bits per heavy atom. The van der Waals surface area contributed by atoms with Gasteiger partial charge in [0, 0.05) is 19.1 Å². The average Bonchev–Trinajstić information content (AvgIpc) is 2.86. The van der Waals surface area contributed by atoms with Crippen molar-refractivity contribution in [3.63, 3.8) is 0 Å². The van der Waals surface area contributed by atoms with Crippen molar-refractivity contribution in [1.82, 2.24) is 10.2 Å². The van der Waals surface area contributed by atoms with Crippen LogP contribution < -0.4 is 11.1 Å². The molecule has 5 heteroatoms. The van der Waals surface area contributed by atoms with Crippen LogP contribution >= 0.6 is 0 Å². The van der Waals surface area contributed by atoms with Gasteiger partial charge in [0.15, 0.2) is 0 Å². The molecule has 0 aliphatic carbocycles. The number of hydrogen-bond acceptors (Lipinski definition) is 4. The van der Waals surface area contributed by atoms with E-state index < -0.39 is 0 Å². The summed E-state index contributed by atoms with van der Waals surface area (Å²) in [7, 11) is 2.06. The zero-order chi connectivity index (χ0) is 13.5. The largest absolute Gasteiger partial charge is 0.467 e. The molecule has 0 spiro atoms. The van der Waals surface area contributed by atoms with Crippen molar-refractivity contribution in [2.45, 2.75) is 32.9 Å². The molecule has 0 fully saturated rings. The molecule has 1 unspecified atom stereocenters. The van der Waals surface area contributed by atoms with Gasteiger partial charge < -0.3 is 20.4 Å². The molecule has 102 valence electrons. The molecule has 0 aliphatic heterocycles. The lowest BCUT2D eigenvalue weighted by Gasteiger charge is -2.23. The van der Waals surface area contributed by atoms with E-state index in [0.717, 1.165) is 13.0 Å². The number of furan rings is 1. The number of nitrogens with two attached hydrogens (primary N) is 1. The highest BCUT2D eigenvalue weighted by atomic mass is 16.3. The molecule has 18 heavy (non-hydrogen) atoms. The molecule has 1 amide bonds. The number of carbonyl (C=O) groups excluding carboxylic acids is 1. The van der Waals surface area contributed by atoms with Gasteiger partial charge in [-0.15, -0.1) is 0 Å². The molecule has 1 heterocycles. The monoisotopic (exact) mass is 253 g/mol. The second kappa shape index (κ2) is 7.18. The zero-order valence-electron chi connectivity index (χ0n) is 11.4. The first-order chi connectivity index (χ1) is 8.58. The van der Waals surface area contributed by atoms with Crippen LogP contribution in [0.2, 0.25) is 0 Å². The Morgan fingerprint density at radius 2 is 2.33 bits per heavy atom. The highest BCUT2D eigenvalue weighted by Gasteiger charge is 2.10. The number of carbonyl (C=O) groups is 1. The predicted molar refractivity (Wildman–Crippen MR) is 71.3 cm³/mol. The van der Waals surface area contributed by atoms with Crippen molar-refractivity contribution in [1.29, 1.82) is 0 Å². The van der Waals surface area contributed by atoms with E-state index in [1.165, 1.54) is 6.26 Å². The molecule has 1 rings (SSSR count). The van der Waals surface area contributed by atoms with Gasteiger partial charge in [-0.05, 0) is 26.5 Å². The Morgan fingerprint density at radius 1 is 1.61 bits per heavy atom. The summed E-state index contributed by atoms with van der Waals surface area (Å²) in [5.74, 6) is 0.507. The van der Waals surface area contributed by atoms with Gasteiger partial charge in [-0.25, -0.2) is 0 Å². The second-order valence-electron chi connectivity index (χ2n) is 4.50. The molecule has 1 aromatic heterocycles. The van der Waals surface area contributed by atoms with Crippen LogP contribution in [0, 0.1) is 0 Å². The number of amides is 1. The fourth-order valence-electron chi connectivity index (χ4n) is 1.59. The van der Waals surface area contributed by atoms with Crippen molar-refractivity contribution < 1.29 is 9.21 Å². The summed E-state index contributed by atoms with van der Waals surface area (Å²) in [4.78, 5) is 14.0. The minimum Gasteiger partial charge on any atom is -0.467 e. The van der Waals surface area contributed by atoms with E-state index in [1.807, 2.05) is 0 Å². The Bertz CT molecular complexity index is 376. The molecule has 1 aromatic rings. The lowest BCUT2D eigenvalue weighted by atomic mass is 10.2. The summed E-state index contributed by atoms with van der Waals surface area (Å²) in [5.41, 5.74) is 5.95. The van der Waals surface area contributed by atoms with E-state index in [-0.39, 0.29) is 5.91 Å². The molecular weight excluding hydrogens is 230 g/mol. The smallest absolute Gasteiger partial charge is 0.254 e. The van der Waals surface area contributed by atoms with Crippen LogP contribution in [0.4, 0.5) is 0 Å². The fraction of sp³-hybridized carbons (Fsp3) is 0.615. The fourth-order valence-corrected chi connectivity index (χ4v) is 1.59. The topological polar surface area (TPSA) is 71.5 Å². The molecule has 1 atom stereocenters. The lowest BCUT2D eigenvalue weighted by Crippen LogP contribution is -2.36. The molecule has 0 saturated carbocycles. The molecule has 3 N–H and O–H groups in total. The standard InChI is InChI=1S/C13H23N3O2/c1-4-10(2)16(3)6-5-15-13(17)11-7-12(8-14)18-9-11/h7,9-10H,4-6,8,14H2,1-3H3,(H,15,17). The van der Waals surface area contributed by atoms with Crippen molar-refractivity contribution in [2.75, 3.05) is 20.1 Å². The van der Waals surface area contributed by atoms with E-state index in [0.29, 0.717) is 30.5 Å². The average molecular weight is 253 g/mol. The Labute approximate surface area is 108 Å². The van der Waals surface area contributed by atoms with E-state index in [9.17, 15) is 4.79 Å². The first-order valence-corrected chi connectivity index (χ1v) is 6.34. The number of nitrogens with zero attached hydrogens (tertiary/aromatic N) is 1. The quantitative estimate of drug-likeness (QED) is 0.766. The van der Waals surface area contributed by atoms with Crippen LogP contribution in [0.5, 0.6) is 0 Å². The van der Waals surface area contributed by atoms with Crippen molar-refractivity contribution in [2.24, 2.45) is 5.73 Å². The van der Waals surface area contributed by atoms with Gasteiger partial charge in [0.05, 0.1) is 12.1 Å². The first kappa shape index (κ1) is 14.7. The summed E-state index contributed by atoms with van der Waals surface area (Å²) < 4.78 is 5.12. The summed E-state index contributed by atoms with van der Waals surface area (Å²) in [6.07, 6.45) is 2.54. The third-order valence-corrected chi connectivity index (χ3v) is 3.21. The van der Waals surface area contributed by atoms with Crippen LogP contribution in [0.25, 0.3) is 0 Å². The predicted octanol–water partition coefficient (Wildman–Crippen LogP) is 1.20. The maximum absolute atomic E-state index is 11.8. The molecule has 0 radical (unpaired) electrons. The molecule has 0 aromatic carbocycles. The highest BCUT2D eigenvalue weighted by molar-refractivity contribution is 5.93. The van der Waals surface area contributed by atoms with Gasteiger partial charge in [-0.3, -0.25) is 4.79 Å². The summed E-state index contributed by atoms with van der Waals surface area (Å²) in [6, 6.07) is 2.20. The number of nitrogens with one attached hydrogen (secondary N) is 1. The number of rotatable bonds is 7. The number of likely N-dealkylation sites (N-methyl/N-ethyl adjacent to an activating group) is 1. The molecular formula is C13H23N3O2. The van der Waals surface area contributed by atoms with Crippen LogP contribution in [0.15, 0.2) is 16.7 Å². The second-order valence-corrected chi connectivity index (χ2v) is 4.50. The molecule has 0 saturated heterocycles. The van der Waals surface area contributed by atoms with Gasteiger partial charge in [-0.2, -0.15) is 0 Å². The van der Waals surface area contributed by atoms with E-state index in [1.54, 1.807) is 6.07 Å². The number of hydrogen-bond donors (Lipinski definition) is 2. The maximum atomic E-state index is 11.8. The van der Waals surface area contributed by atoms with Gasteiger partial charge >= 0.3 is 0 Å². The van der Waals surface area contributed by atoms with Crippen LogP contribution in [-0.4, -0.2) is 37.0 Å². The minimum absolute atomic E-state index is 0.115. The van der Waals surface area contributed by atoms with Gasteiger partial charge in [0.25, 0.3) is 5.91 Å². The third kappa shape index (κ3) is 4.16. The molecule has 5 nitrogen and oxygen atoms in total. The van der Waals surface area contributed by atoms with E-state index >= 15 is 0 Å². The highest BCUT2D eigenvalue weighted by Crippen LogP contribution is 2.06. The first-order valence-electron chi connectivity index (χ1n) is 6.34. The Hall–Kier alpha value is -1.33. The SMILES string of the molecule is CCC(C)N(C)CCNC(=O)c1coc(CN)c1. The normalized spacial score (nSPS) is 12.7. The van der Waals surface area contributed by atoms with Crippen LogP contribution in [0.3, 0.4) is 0 Å². The van der Waals surface area contributed by atoms with E-state index in [4.69, 9.17) is 10.2 Å². The van der Waals surface area contributed by atoms with Gasteiger partial charge in [0.2, 0.25) is 0 Å². The summed E-state index contributed by atoms with van der Waals surface area (Å²) in [6.45, 7) is 6.10. The van der Waals surface area contributed by atoms with Gasteiger partial charge in [-0.1, -0.05) is 6.92 Å². The zero-order valence-corrected chi connectivity index (χ0v) is 11.4. The van der Waals surface area contributed by atoms with Crippen molar-refractivity contribution in [3.8, 4) is 0 Å². The summed E-state index contributed by atoms with van der Waals surface area (Å²) in [5, 5.41) is 2.86. The third-order valence-electron chi connectivity index (χ3n) is 3.21.